The lowest BCUT2D eigenvalue weighted by molar-refractivity contribution is -0.133. The fourth-order valence-corrected chi connectivity index (χ4v) is 4.18. The van der Waals surface area contributed by atoms with Crippen molar-refractivity contribution in [3.8, 4) is 0 Å². The maximum atomic E-state index is 13.5. The molecule has 1 heterocycles. The van der Waals surface area contributed by atoms with Crippen molar-refractivity contribution in [3.05, 3.63) is 108 Å². The van der Waals surface area contributed by atoms with Crippen LogP contribution in [0, 0.1) is 0 Å². The van der Waals surface area contributed by atoms with Crippen LogP contribution in [0.2, 0.25) is 0 Å². The van der Waals surface area contributed by atoms with Crippen LogP contribution in [0.25, 0.3) is 10.8 Å². The van der Waals surface area contributed by atoms with Gasteiger partial charge in [0.05, 0.1) is 6.54 Å². The predicted molar refractivity (Wildman–Crippen MR) is 136 cm³/mol. The molecule has 5 nitrogen and oxygen atoms in total. The first-order valence-corrected chi connectivity index (χ1v) is 11.7. The van der Waals surface area contributed by atoms with Gasteiger partial charge < -0.3 is 14.4 Å². The van der Waals surface area contributed by atoms with Gasteiger partial charge in [0.1, 0.15) is 6.54 Å². The minimum Gasteiger partial charge on any atom is -0.353 e. The minimum atomic E-state index is -0.112. The summed E-state index contributed by atoms with van der Waals surface area (Å²) >= 11 is 0. The highest BCUT2D eigenvalue weighted by atomic mass is 16.2. The van der Waals surface area contributed by atoms with Gasteiger partial charge in [-0.25, -0.2) is 0 Å². The van der Waals surface area contributed by atoms with Gasteiger partial charge in [-0.2, -0.15) is 0 Å². The van der Waals surface area contributed by atoms with Crippen LogP contribution in [0.15, 0.2) is 91.1 Å². The SMILES string of the molecule is CCCN(CC(=O)N(Cc1ccccc1)Cc1cccn1C)C(=O)c1ccc2ccccc2c1. The Morgan fingerprint density at radius 2 is 1.53 bits per heavy atom. The molecule has 0 N–H and O–H groups in total. The number of carbonyl (C=O) groups excluding carboxylic acids is 2. The van der Waals surface area contributed by atoms with E-state index in [4.69, 9.17) is 0 Å². The van der Waals surface area contributed by atoms with E-state index in [0.717, 1.165) is 28.5 Å². The molecule has 2 amide bonds. The molecule has 0 aliphatic carbocycles. The average Bonchev–Trinajstić information content (AvgIpc) is 3.27. The maximum Gasteiger partial charge on any atom is 0.254 e. The summed E-state index contributed by atoms with van der Waals surface area (Å²) < 4.78 is 2.02. The summed E-state index contributed by atoms with van der Waals surface area (Å²) in [7, 11) is 1.98. The zero-order valence-corrected chi connectivity index (χ0v) is 19.9. The van der Waals surface area contributed by atoms with Crippen LogP contribution in [-0.2, 0) is 24.9 Å². The molecule has 0 aliphatic heterocycles. The largest absolute Gasteiger partial charge is 0.353 e. The first-order chi connectivity index (χ1) is 16.5. The van der Waals surface area contributed by atoms with Crippen molar-refractivity contribution in [2.75, 3.05) is 13.1 Å². The number of hydrogen-bond donors (Lipinski definition) is 0. The average molecular weight is 454 g/mol. The molecule has 0 saturated heterocycles. The molecular formula is C29H31N3O2. The van der Waals surface area contributed by atoms with Crippen LogP contribution in [-0.4, -0.2) is 39.3 Å². The van der Waals surface area contributed by atoms with Gasteiger partial charge in [-0.05, 0) is 47.0 Å². The van der Waals surface area contributed by atoms with Crippen LogP contribution in [0.5, 0.6) is 0 Å². The third kappa shape index (κ3) is 5.54. The Kier molecular flexibility index (Phi) is 7.43. The monoisotopic (exact) mass is 453 g/mol. The third-order valence-electron chi connectivity index (χ3n) is 6.08. The van der Waals surface area contributed by atoms with Gasteiger partial charge in [0.2, 0.25) is 5.91 Å². The molecule has 0 spiro atoms. The zero-order valence-electron chi connectivity index (χ0n) is 19.9. The molecule has 0 fully saturated rings. The highest BCUT2D eigenvalue weighted by molar-refractivity contribution is 6.00. The van der Waals surface area contributed by atoms with Crippen molar-refractivity contribution < 1.29 is 9.59 Å². The molecule has 0 radical (unpaired) electrons. The highest BCUT2D eigenvalue weighted by Crippen LogP contribution is 2.18. The molecule has 3 aromatic carbocycles. The summed E-state index contributed by atoms with van der Waals surface area (Å²) in [6, 6.07) is 27.7. The second-order valence-electron chi connectivity index (χ2n) is 8.63. The summed E-state index contributed by atoms with van der Waals surface area (Å²) in [5.41, 5.74) is 2.72. The Hall–Kier alpha value is -3.86. The second-order valence-corrected chi connectivity index (χ2v) is 8.63. The molecule has 1 aromatic heterocycles. The normalized spacial score (nSPS) is 10.9. The van der Waals surface area contributed by atoms with Crippen molar-refractivity contribution in [1.29, 1.82) is 0 Å². The van der Waals surface area contributed by atoms with Crippen molar-refractivity contribution in [1.82, 2.24) is 14.4 Å². The Bertz CT molecular complexity index is 1260. The summed E-state index contributed by atoms with van der Waals surface area (Å²) in [6.07, 6.45) is 2.76. The molecule has 0 saturated carbocycles. The van der Waals surface area contributed by atoms with E-state index in [9.17, 15) is 9.59 Å². The summed E-state index contributed by atoms with van der Waals surface area (Å²) in [4.78, 5) is 30.5. The summed E-state index contributed by atoms with van der Waals surface area (Å²) in [6.45, 7) is 3.59. The molecule has 174 valence electrons. The Balaban J connectivity index is 1.55. The van der Waals surface area contributed by atoms with Crippen molar-refractivity contribution in [3.63, 3.8) is 0 Å². The van der Waals surface area contributed by atoms with E-state index in [0.29, 0.717) is 25.2 Å². The Labute approximate surface area is 201 Å². The quantitative estimate of drug-likeness (QED) is 0.347. The van der Waals surface area contributed by atoms with Crippen molar-refractivity contribution in [2.24, 2.45) is 7.05 Å². The van der Waals surface area contributed by atoms with E-state index < -0.39 is 0 Å². The lowest BCUT2D eigenvalue weighted by Gasteiger charge is -2.28. The topological polar surface area (TPSA) is 45.6 Å². The number of amides is 2. The standard InChI is InChI=1S/C29H31N3O2/c1-3-17-31(29(34)26-16-15-24-12-7-8-13-25(24)19-26)22-28(33)32(20-23-10-5-4-6-11-23)21-27-14-9-18-30(27)2/h4-16,18-19H,3,17,20-22H2,1-2H3. The van der Waals surface area contributed by atoms with E-state index in [-0.39, 0.29) is 18.4 Å². The second kappa shape index (κ2) is 10.8. The molecule has 0 atom stereocenters. The fraction of sp³-hybridized carbons (Fsp3) is 0.241. The third-order valence-corrected chi connectivity index (χ3v) is 6.08. The van der Waals surface area contributed by atoms with Crippen LogP contribution in [0.1, 0.15) is 35.0 Å². The van der Waals surface area contributed by atoms with Gasteiger partial charge in [0.25, 0.3) is 5.91 Å². The molecular weight excluding hydrogens is 422 g/mol. The molecule has 0 bridgehead atoms. The fourth-order valence-electron chi connectivity index (χ4n) is 4.18. The van der Waals surface area contributed by atoms with Crippen molar-refractivity contribution in [2.45, 2.75) is 26.4 Å². The smallest absolute Gasteiger partial charge is 0.254 e. The summed E-state index contributed by atoms with van der Waals surface area (Å²) in [5.74, 6) is -0.174. The van der Waals surface area contributed by atoms with E-state index in [1.807, 2.05) is 115 Å². The zero-order chi connectivity index (χ0) is 23.9. The molecule has 4 rings (SSSR count). The molecule has 5 heteroatoms. The van der Waals surface area contributed by atoms with E-state index >= 15 is 0 Å². The molecule has 34 heavy (non-hydrogen) atoms. The number of aromatic nitrogens is 1. The summed E-state index contributed by atoms with van der Waals surface area (Å²) in [5, 5.41) is 2.11. The van der Waals surface area contributed by atoms with Gasteiger partial charge >= 0.3 is 0 Å². The lowest BCUT2D eigenvalue weighted by atomic mass is 10.1. The lowest BCUT2D eigenvalue weighted by Crippen LogP contribution is -2.43. The van der Waals surface area contributed by atoms with E-state index in [1.54, 1.807) is 4.90 Å². The van der Waals surface area contributed by atoms with Gasteiger partial charge in [0.15, 0.2) is 0 Å². The maximum absolute atomic E-state index is 13.5. The van der Waals surface area contributed by atoms with E-state index in [2.05, 4.69) is 0 Å². The molecule has 0 aliphatic rings. The van der Waals surface area contributed by atoms with Crippen LogP contribution < -0.4 is 0 Å². The first kappa shape index (κ1) is 23.3. The number of benzene rings is 3. The van der Waals surface area contributed by atoms with Gasteiger partial charge in [-0.15, -0.1) is 0 Å². The number of hydrogen-bond acceptors (Lipinski definition) is 2. The number of rotatable bonds is 9. The van der Waals surface area contributed by atoms with Crippen molar-refractivity contribution >= 4 is 22.6 Å². The van der Waals surface area contributed by atoms with Crippen LogP contribution in [0.3, 0.4) is 0 Å². The number of nitrogens with zero attached hydrogens (tertiary/aromatic N) is 3. The van der Waals surface area contributed by atoms with Gasteiger partial charge in [0, 0.05) is 37.6 Å². The van der Waals surface area contributed by atoms with Gasteiger partial charge in [-0.3, -0.25) is 9.59 Å². The first-order valence-electron chi connectivity index (χ1n) is 11.7. The molecule has 4 aromatic rings. The van der Waals surface area contributed by atoms with E-state index in [1.165, 1.54) is 0 Å². The van der Waals surface area contributed by atoms with Crippen LogP contribution in [0.4, 0.5) is 0 Å². The highest BCUT2D eigenvalue weighted by Gasteiger charge is 2.23. The number of fused-ring (bicyclic) bond motifs is 1. The minimum absolute atomic E-state index is 0.0523. The van der Waals surface area contributed by atoms with Gasteiger partial charge in [-0.1, -0.05) is 67.6 Å². The predicted octanol–water partition coefficient (Wildman–Crippen LogP) is 5.26. The van der Waals surface area contributed by atoms with Crippen LogP contribution >= 0.6 is 0 Å². The Morgan fingerprint density at radius 1 is 0.794 bits per heavy atom. The Morgan fingerprint density at radius 3 is 2.24 bits per heavy atom. The molecule has 0 unspecified atom stereocenters. The number of carbonyl (C=O) groups is 2. The number of aryl methyl sites for hydroxylation is 1.